The van der Waals surface area contributed by atoms with Crippen molar-refractivity contribution in [3.8, 4) is 0 Å². The van der Waals surface area contributed by atoms with E-state index < -0.39 is 30.0 Å². The van der Waals surface area contributed by atoms with Gasteiger partial charge in [0.15, 0.2) is 0 Å². The smallest absolute Gasteiger partial charge is 0.444 e. The number of rotatable bonds is 4. The number of imidazole rings is 1. The first-order valence-electron chi connectivity index (χ1n) is 11.7. The van der Waals surface area contributed by atoms with E-state index in [4.69, 9.17) is 19.0 Å². The van der Waals surface area contributed by atoms with Crippen molar-refractivity contribution in [3.63, 3.8) is 0 Å². The summed E-state index contributed by atoms with van der Waals surface area (Å²) in [6.45, 7) is 13.8. The number of amides is 1. The van der Waals surface area contributed by atoms with Crippen LogP contribution in [0.2, 0.25) is 0 Å². The number of aromatic nitrogens is 2. The summed E-state index contributed by atoms with van der Waals surface area (Å²) in [5.74, 6) is 1.11. The molecular weight excluding hydrogens is 405 g/mol. The second-order valence-electron chi connectivity index (χ2n) is 11.2. The van der Waals surface area contributed by atoms with Crippen LogP contribution in [0.15, 0.2) is 18.2 Å². The highest BCUT2D eigenvalue weighted by molar-refractivity contribution is 6.62. The molecular formula is C24H36BN3O4. The number of hydrogen-bond donors (Lipinski definition) is 2. The fraction of sp³-hybridized carbons (Fsp3) is 0.667. The van der Waals surface area contributed by atoms with E-state index in [1.807, 2.05) is 66.7 Å². The SMILES string of the molecule is CC(C)(C)OC(=O)NC(c1nc2ccc(B3OC(C)(C)C(C)(C)O3)cc2[nH]1)C1CCCC1. The molecule has 2 N–H and O–H groups in total. The molecule has 1 aliphatic heterocycles. The van der Waals surface area contributed by atoms with Gasteiger partial charge in [0.2, 0.25) is 0 Å². The van der Waals surface area contributed by atoms with Gasteiger partial charge in [-0.15, -0.1) is 0 Å². The third-order valence-corrected chi connectivity index (χ3v) is 6.89. The number of carbonyl (C=O) groups excluding carboxylic acids is 1. The molecule has 0 radical (unpaired) electrons. The second kappa shape index (κ2) is 8.06. The third-order valence-electron chi connectivity index (χ3n) is 6.89. The van der Waals surface area contributed by atoms with E-state index in [1.165, 1.54) is 12.8 Å². The standard InChI is InChI=1S/C24H36BN3O4/c1-22(2,3)30-21(29)28-19(15-10-8-9-11-15)20-26-17-13-12-16(14-18(17)27-20)25-31-23(4,5)24(6,7)32-25/h12-15,19H,8-11H2,1-7H3,(H,26,27)(H,28,29). The Kier molecular flexibility index (Phi) is 5.82. The summed E-state index contributed by atoms with van der Waals surface area (Å²) in [4.78, 5) is 20.8. The zero-order valence-electron chi connectivity index (χ0n) is 20.4. The summed E-state index contributed by atoms with van der Waals surface area (Å²) in [5, 5.41) is 3.08. The van der Waals surface area contributed by atoms with Crippen LogP contribution >= 0.6 is 0 Å². The van der Waals surface area contributed by atoms with E-state index in [1.54, 1.807) is 0 Å². The Balaban J connectivity index is 1.60. The molecule has 1 amide bonds. The third kappa shape index (κ3) is 4.67. The monoisotopic (exact) mass is 441 g/mol. The average Bonchev–Trinajstić information content (AvgIpc) is 3.36. The van der Waals surface area contributed by atoms with Crippen LogP contribution in [0.1, 0.15) is 86.0 Å². The Labute approximate surface area is 191 Å². The van der Waals surface area contributed by atoms with E-state index in [-0.39, 0.29) is 6.04 Å². The lowest BCUT2D eigenvalue weighted by atomic mass is 9.79. The first-order chi connectivity index (χ1) is 14.8. The summed E-state index contributed by atoms with van der Waals surface area (Å²) in [6, 6.07) is 5.81. The van der Waals surface area contributed by atoms with Crippen LogP contribution in [-0.2, 0) is 14.0 Å². The molecule has 1 aromatic carbocycles. The number of carbonyl (C=O) groups is 1. The van der Waals surface area contributed by atoms with E-state index >= 15 is 0 Å². The summed E-state index contributed by atoms with van der Waals surface area (Å²) >= 11 is 0. The minimum absolute atomic E-state index is 0.208. The average molecular weight is 441 g/mol. The van der Waals surface area contributed by atoms with Gasteiger partial charge in [-0.1, -0.05) is 18.9 Å². The van der Waals surface area contributed by atoms with Gasteiger partial charge in [0.05, 0.1) is 28.3 Å². The molecule has 2 aromatic rings. The lowest BCUT2D eigenvalue weighted by molar-refractivity contribution is 0.00578. The maximum Gasteiger partial charge on any atom is 0.494 e. The van der Waals surface area contributed by atoms with Crippen molar-refractivity contribution in [2.75, 3.05) is 0 Å². The van der Waals surface area contributed by atoms with Gasteiger partial charge in [-0.25, -0.2) is 9.78 Å². The summed E-state index contributed by atoms with van der Waals surface area (Å²) in [7, 11) is -0.429. The summed E-state index contributed by atoms with van der Waals surface area (Å²) in [6.07, 6.45) is 4.06. The summed E-state index contributed by atoms with van der Waals surface area (Å²) < 4.78 is 17.9. The first-order valence-corrected chi connectivity index (χ1v) is 11.7. The van der Waals surface area contributed by atoms with Crippen LogP contribution in [-0.4, -0.2) is 40.0 Å². The molecule has 1 unspecified atom stereocenters. The maximum atomic E-state index is 12.6. The van der Waals surface area contributed by atoms with Crippen molar-refractivity contribution in [1.82, 2.24) is 15.3 Å². The first kappa shape index (κ1) is 23.1. The van der Waals surface area contributed by atoms with Crippen LogP contribution in [0, 0.1) is 5.92 Å². The van der Waals surface area contributed by atoms with Crippen molar-refractivity contribution in [2.24, 2.45) is 5.92 Å². The van der Waals surface area contributed by atoms with Gasteiger partial charge in [-0.05, 0) is 84.8 Å². The van der Waals surface area contributed by atoms with Gasteiger partial charge in [0.1, 0.15) is 11.4 Å². The lowest BCUT2D eigenvalue weighted by Crippen LogP contribution is -2.41. The van der Waals surface area contributed by atoms with Crippen molar-refractivity contribution in [3.05, 3.63) is 24.0 Å². The highest BCUT2D eigenvalue weighted by Crippen LogP contribution is 2.37. The van der Waals surface area contributed by atoms with E-state index in [2.05, 4.69) is 10.3 Å². The van der Waals surface area contributed by atoms with Gasteiger partial charge in [-0.2, -0.15) is 0 Å². The number of hydrogen-bond acceptors (Lipinski definition) is 5. The predicted molar refractivity (Wildman–Crippen MR) is 126 cm³/mol. The molecule has 2 aliphatic rings. The predicted octanol–water partition coefficient (Wildman–Crippen LogP) is 4.62. The molecule has 7 nitrogen and oxygen atoms in total. The van der Waals surface area contributed by atoms with Gasteiger partial charge in [0, 0.05) is 0 Å². The van der Waals surface area contributed by atoms with Crippen molar-refractivity contribution in [2.45, 2.75) is 97.0 Å². The number of nitrogens with zero attached hydrogens (tertiary/aromatic N) is 1. The molecule has 4 rings (SSSR count). The highest BCUT2D eigenvalue weighted by Gasteiger charge is 2.51. The Morgan fingerprint density at radius 1 is 1.19 bits per heavy atom. The van der Waals surface area contributed by atoms with Crippen molar-refractivity contribution < 1.29 is 18.8 Å². The van der Waals surface area contributed by atoms with Crippen LogP contribution < -0.4 is 10.8 Å². The second-order valence-corrected chi connectivity index (χ2v) is 11.2. The zero-order valence-corrected chi connectivity index (χ0v) is 20.4. The molecule has 1 saturated carbocycles. The lowest BCUT2D eigenvalue weighted by Gasteiger charge is -2.32. The fourth-order valence-electron chi connectivity index (χ4n) is 4.45. The zero-order chi connectivity index (χ0) is 23.3. The number of ether oxygens (including phenoxy) is 1. The summed E-state index contributed by atoms with van der Waals surface area (Å²) in [5.41, 5.74) is 1.38. The molecule has 8 heteroatoms. The quantitative estimate of drug-likeness (QED) is 0.677. The molecule has 1 aromatic heterocycles. The molecule has 0 spiro atoms. The van der Waals surface area contributed by atoms with Crippen LogP contribution in [0.5, 0.6) is 0 Å². The number of alkyl carbamates (subject to hydrolysis) is 1. The van der Waals surface area contributed by atoms with E-state index in [9.17, 15) is 4.79 Å². The highest BCUT2D eigenvalue weighted by atomic mass is 16.7. The fourth-order valence-corrected chi connectivity index (χ4v) is 4.45. The maximum absolute atomic E-state index is 12.6. The van der Waals surface area contributed by atoms with Gasteiger partial charge in [-0.3, -0.25) is 0 Å². The molecule has 2 fully saturated rings. The Morgan fingerprint density at radius 3 is 2.41 bits per heavy atom. The molecule has 174 valence electrons. The van der Waals surface area contributed by atoms with Crippen LogP contribution in [0.4, 0.5) is 4.79 Å². The topological polar surface area (TPSA) is 85.5 Å². The Bertz CT molecular complexity index is 973. The molecule has 1 atom stereocenters. The molecule has 1 aliphatic carbocycles. The number of aromatic amines is 1. The van der Waals surface area contributed by atoms with Crippen molar-refractivity contribution >= 4 is 29.7 Å². The number of benzene rings is 1. The molecule has 0 bridgehead atoms. The number of fused-ring (bicyclic) bond motifs is 1. The molecule has 32 heavy (non-hydrogen) atoms. The van der Waals surface area contributed by atoms with Crippen LogP contribution in [0.25, 0.3) is 11.0 Å². The Morgan fingerprint density at radius 2 is 1.81 bits per heavy atom. The molecule has 1 saturated heterocycles. The van der Waals surface area contributed by atoms with Crippen LogP contribution in [0.3, 0.4) is 0 Å². The van der Waals surface area contributed by atoms with Gasteiger partial charge < -0.3 is 24.3 Å². The minimum atomic E-state index is -0.546. The Hall–Kier alpha value is -2.06. The molecule has 2 heterocycles. The van der Waals surface area contributed by atoms with E-state index in [0.29, 0.717) is 5.92 Å². The number of H-pyrrole nitrogens is 1. The largest absolute Gasteiger partial charge is 0.494 e. The van der Waals surface area contributed by atoms with Gasteiger partial charge in [0.25, 0.3) is 0 Å². The van der Waals surface area contributed by atoms with E-state index in [0.717, 1.165) is 35.2 Å². The normalized spacial score (nSPS) is 21.8. The number of nitrogens with one attached hydrogen (secondary N) is 2. The van der Waals surface area contributed by atoms with Crippen molar-refractivity contribution in [1.29, 1.82) is 0 Å². The van der Waals surface area contributed by atoms with Gasteiger partial charge >= 0.3 is 13.2 Å². The minimum Gasteiger partial charge on any atom is -0.444 e.